The minimum absolute atomic E-state index is 0.0795. The van der Waals surface area contributed by atoms with E-state index in [9.17, 15) is 9.59 Å². The Bertz CT molecular complexity index is 539. The largest absolute Gasteiger partial charge is 0.351 e. The monoisotopic (exact) mass is 244 g/mol. The van der Waals surface area contributed by atoms with Crippen LogP contribution < -0.4 is 5.32 Å². The highest BCUT2D eigenvalue weighted by atomic mass is 16.2. The van der Waals surface area contributed by atoms with Crippen LogP contribution in [0.3, 0.4) is 0 Å². The molecule has 2 N–H and O–H groups in total. The van der Waals surface area contributed by atoms with Gasteiger partial charge in [-0.3, -0.25) is 4.79 Å². The van der Waals surface area contributed by atoms with Gasteiger partial charge in [-0.1, -0.05) is 32.0 Å². The smallest absolute Gasteiger partial charge is 0.268 e. The van der Waals surface area contributed by atoms with Crippen molar-refractivity contribution in [3.63, 3.8) is 0 Å². The summed E-state index contributed by atoms with van der Waals surface area (Å²) in [5.41, 5.74) is 1.39. The molecular weight excluding hydrogens is 228 g/mol. The lowest BCUT2D eigenvalue weighted by Gasteiger charge is -2.15. The van der Waals surface area contributed by atoms with Crippen LogP contribution in [0.5, 0.6) is 0 Å². The van der Waals surface area contributed by atoms with Crippen molar-refractivity contribution in [2.75, 3.05) is 0 Å². The Morgan fingerprint density at radius 3 is 2.67 bits per heavy atom. The minimum atomic E-state index is -0.455. The summed E-state index contributed by atoms with van der Waals surface area (Å²) in [4.78, 5) is 25.9. The van der Waals surface area contributed by atoms with Crippen molar-refractivity contribution in [1.29, 1.82) is 0 Å². The van der Waals surface area contributed by atoms with Crippen molar-refractivity contribution in [2.24, 2.45) is 5.92 Å². The number of rotatable bonds is 4. The zero-order chi connectivity index (χ0) is 13.1. The zero-order valence-electron chi connectivity index (χ0n) is 10.4. The van der Waals surface area contributed by atoms with E-state index in [4.69, 9.17) is 0 Å². The summed E-state index contributed by atoms with van der Waals surface area (Å²) in [6.07, 6.45) is 0.769. The molecule has 0 aliphatic heterocycles. The summed E-state index contributed by atoms with van der Waals surface area (Å²) in [5, 5.41) is 3.69. The molecule has 0 fully saturated rings. The average molecular weight is 244 g/mol. The second-order valence-electron chi connectivity index (χ2n) is 4.65. The Morgan fingerprint density at radius 1 is 1.33 bits per heavy atom. The van der Waals surface area contributed by atoms with Crippen molar-refractivity contribution >= 4 is 23.1 Å². The predicted molar refractivity (Wildman–Crippen MR) is 70.5 cm³/mol. The normalized spacial score (nSPS) is 12.6. The second-order valence-corrected chi connectivity index (χ2v) is 4.65. The van der Waals surface area contributed by atoms with Crippen molar-refractivity contribution in [2.45, 2.75) is 19.9 Å². The van der Waals surface area contributed by atoms with E-state index < -0.39 is 6.04 Å². The Morgan fingerprint density at radius 2 is 2.06 bits per heavy atom. The van der Waals surface area contributed by atoms with Crippen LogP contribution in [0.25, 0.3) is 10.9 Å². The number of amides is 1. The van der Waals surface area contributed by atoms with Crippen LogP contribution in [-0.4, -0.2) is 23.2 Å². The first-order valence-corrected chi connectivity index (χ1v) is 5.95. The molecule has 2 aromatic rings. The van der Waals surface area contributed by atoms with E-state index in [-0.39, 0.29) is 11.8 Å². The number of fused-ring (bicyclic) bond motifs is 1. The van der Waals surface area contributed by atoms with E-state index in [1.54, 1.807) is 6.07 Å². The van der Waals surface area contributed by atoms with Gasteiger partial charge in [0, 0.05) is 10.9 Å². The first-order chi connectivity index (χ1) is 8.61. The minimum Gasteiger partial charge on any atom is -0.351 e. The van der Waals surface area contributed by atoms with Gasteiger partial charge in [0.2, 0.25) is 0 Å². The number of para-hydroxylation sites is 1. The van der Waals surface area contributed by atoms with Crippen LogP contribution in [0.4, 0.5) is 0 Å². The lowest BCUT2D eigenvalue weighted by Crippen LogP contribution is -2.39. The van der Waals surface area contributed by atoms with Gasteiger partial charge in [-0.05, 0) is 18.1 Å². The van der Waals surface area contributed by atoms with Crippen molar-refractivity contribution in [3.8, 4) is 0 Å². The molecule has 0 radical (unpaired) electrons. The van der Waals surface area contributed by atoms with Crippen molar-refractivity contribution in [3.05, 3.63) is 36.0 Å². The van der Waals surface area contributed by atoms with Gasteiger partial charge in [-0.15, -0.1) is 0 Å². The number of carbonyl (C=O) groups is 2. The summed E-state index contributed by atoms with van der Waals surface area (Å²) < 4.78 is 0. The Balaban J connectivity index is 2.20. The highest BCUT2D eigenvalue weighted by Crippen LogP contribution is 2.14. The lowest BCUT2D eigenvalue weighted by atomic mass is 10.1. The van der Waals surface area contributed by atoms with Gasteiger partial charge in [0.25, 0.3) is 5.91 Å². The fourth-order valence-corrected chi connectivity index (χ4v) is 1.78. The molecule has 0 aliphatic rings. The van der Waals surface area contributed by atoms with Crippen LogP contribution in [0, 0.1) is 5.92 Å². The highest BCUT2D eigenvalue weighted by Gasteiger charge is 2.17. The zero-order valence-corrected chi connectivity index (χ0v) is 10.4. The number of aldehydes is 1. The number of benzene rings is 1. The van der Waals surface area contributed by atoms with Gasteiger partial charge in [0.05, 0.1) is 6.04 Å². The number of H-pyrrole nitrogens is 1. The summed E-state index contributed by atoms with van der Waals surface area (Å²) in [6, 6.07) is 8.99. The summed E-state index contributed by atoms with van der Waals surface area (Å²) in [5.74, 6) is -0.173. The van der Waals surface area contributed by atoms with E-state index in [0.717, 1.165) is 17.2 Å². The van der Waals surface area contributed by atoms with Crippen LogP contribution in [0.15, 0.2) is 30.3 Å². The maximum atomic E-state index is 12.0. The van der Waals surface area contributed by atoms with Crippen molar-refractivity contribution < 1.29 is 9.59 Å². The summed E-state index contributed by atoms with van der Waals surface area (Å²) in [7, 11) is 0. The van der Waals surface area contributed by atoms with E-state index in [1.165, 1.54) is 0 Å². The maximum absolute atomic E-state index is 12.0. The predicted octanol–water partition coefficient (Wildman–Crippen LogP) is 2.12. The molecule has 1 heterocycles. The van der Waals surface area contributed by atoms with Gasteiger partial charge in [-0.2, -0.15) is 0 Å². The number of carbonyl (C=O) groups excluding carboxylic acids is 2. The van der Waals surface area contributed by atoms with Gasteiger partial charge >= 0.3 is 0 Å². The number of hydrogen-bond acceptors (Lipinski definition) is 2. The Labute approximate surface area is 105 Å². The number of aromatic amines is 1. The topological polar surface area (TPSA) is 62.0 Å². The molecule has 1 atom stereocenters. The van der Waals surface area contributed by atoms with E-state index in [0.29, 0.717) is 5.69 Å². The Kier molecular flexibility index (Phi) is 3.46. The molecular formula is C14H16N2O2. The number of nitrogens with one attached hydrogen (secondary N) is 2. The van der Waals surface area contributed by atoms with Crippen LogP contribution in [0.2, 0.25) is 0 Å². The quantitative estimate of drug-likeness (QED) is 0.809. The third kappa shape index (κ3) is 2.42. The number of hydrogen-bond donors (Lipinski definition) is 2. The SMILES string of the molecule is CC(C)C(C=O)NC(=O)c1cc2ccccc2[nH]1. The maximum Gasteiger partial charge on any atom is 0.268 e. The third-order valence-electron chi connectivity index (χ3n) is 2.94. The summed E-state index contributed by atoms with van der Waals surface area (Å²) in [6.45, 7) is 3.79. The lowest BCUT2D eigenvalue weighted by molar-refractivity contribution is -0.110. The molecule has 0 bridgehead atoms. The van der Waals surface area contributed by atoms with E-state index in [1.807, 2.05) is 38.1 Å². The van der Waals surface area contributed by atoms with Crippen LogP contribution in [0.1, 0.15) is 24.3 Å². The van der Waals surface area contributed by atoms with Crippen LogP contribution >= 0.6 is 0 Å². The van der Waals surface area contributed by atoms with Crippen LogP contribution in [-0.2, 0) is 4.79 Å². The summed E-state index contributed by atoms with van der Waals surface area (Å²) >= 11 is 0. The van der Waals surface area contributed by atoms with E-state index >= 15 is 0 Å². The first-order valence-electron chi connectivity index (χ1n) is 5.95. The van der Waals surface area contributed by atoms with Gasteiger partial charge in [-0.25, -0.2) is 0 Å². The van der Waals surface area contributed by atoms with Gasteiger partial charge in [0.1, 0.15) is 12.0 Å². The molecule has 1 aromatic heterocycles. The standard InChI is InChI=1S/C14H16N2O2/c1-9(2)13(8-17)16-14(18)12-7-10-5-3-4-6-11(10)15-12/h3-9,13,15H,1-2H3,(H,16,18). The molecule has 0 saturated heterocycles. The van der Waals surface area contributed by atoms with E-state index in [2.05, 4.69) is 10.3 Å². The average Bonchev–Trinajstić information content (AvgIpc) is 2.79. The molecule has 1 amide bonds. The fraction of sp³-hybridized carbons (Fsp3) is 0.286. The molecule has 1 aromatic carbocycles. The van der Waals surface area contributed by atoms with Crippen molar-refractivity contribution in [1.82, 2.24) is 10.3 Å². The second kappa shape index (κ2) is 5.04. The van der Waals surface area contributed by atoms with Gasteiger partial charge in [0.15, 0.2) is 0 Å². The molecule has 18 heavy (non-hydrogen) atoms. The molecule has 2 rings (SSSR count). The molecule has 94 valence electrons. The Hall–Kier alpha value is -2.10. The number of aromatic nitrogens is 1. The third-order valence-corrected chi connectivity index (χ3v) is 2.94. The highest BCUT2D eigenvalue weighted by molar-refractivity contribution is 5.98. The molecule has 4 heteroatoms. The van der Waals surface area contributed by atoms with Gasteiger partial charge < -0.3 is 15.1 Å². The first kappa shape index (κ1) is 12.4. The molecule has 0 saturated carbocycles. The molecule has 4 nitrogen and oxygen atoms in total. The molecule has 0 aliphatic carbocycles. The molecule has 1 unspecified atom stereocenters. The molecule has 0 spiro atoms. The fourth-order valence-electron chi connectivity index (χ4n) is 1.78.